The fourth-order valence-electron chi connectivity index (χ4n) is 2.33. The molecule has 0 saturated carbocycles. The van der Waals surface area contributed by atoms with Crippen molar-refractivity contribution in [1.82, 2.24) is 4.90 Å². The van der Waals surface area contributed by atoms with Crippen LogP contribution >= 0.6 is 0 Å². The van der Waals surface area contributed by atoms with Crippen molar-refractivity contribution in [2.24, 2.45) is 0 Å². The number of aryl methyl sites for hydroxylation is 1. The lowest BCUT2D eigenvalue weighted by Gasteiger charge is -2.36. The van der Waals surface area contributed by atoms with Crippen molar-refractivity contribution in [1.29, 1.82) is 0 Å². The lowest BCUT2D eigenvalue weighted by molar-refractivity contribution is 0.0659. The molecule has 0 aliphatic rings. The van der Waals surface area contributed by atoms with E-state index in [1.807, 2.05) is 18.7 Å². The van der Waals surface area contributed by atoms with Gasteiger partial charge in [-0.25, -0.2) is 8.78 Å². The van der Waals surface area contributed by atoms with E-state index >= 15 is 0 Å². The number of ketones is 1. The third kappa shape index (κ3) is 2.84. The number of carbonyl (C=O) groups excluding carboxylic acids is 1. The van der Waals surface area contributed by atoms with Crippen molar-refractivity contribution in [3.05, 3.63) is 34.9 Å². The molecular formula is C15H21F2NO. The molecule has 2 nitrogen and oxygen atoms in total. The van der Waals surface area contributed by atoms with Crippen LogP contribution in [0.3, 0.4) is 0 Å². The molecule has 0 bridgehead atoms. The van der Waals surface area contributed by atoms with Gasteiger partial charge < -0.3 is 0 Å². The summed E-state index contributed by atoms with van der Waals surface area (Å²) in [5, 5.41) is 0. The van der Waals surface area contributed by atoms with Crippen LogP contribution < -0.4 is 0 Å². The number of hydrogen-bond acceptors (Lipinski definition) is 2. The maximum Gasteiger partial charge on any atom is 0.188 e. The first-order valence-electron chi connectivity index (χ1n) is 6.51. The standard InChI is InChI=1S/C15H21F2NO/c1-6-18(7-2)15(4,5)14(19)12-11(16)9-8-10(3)13(12)17/h8-9H,6-7H2,1-5H3. The van der Waals surface area contributed by atoms with Crippen molar-refractivity contribution < 1.29 is 13.6 Å². The number of Topliss-reactive ketones (excluding diaryl/α,β-unsaturated/α-hetero) is 1. The first-order valence-corrected chi connectivity index (χ1v) is 6.51. The SMILES string of the molecule is CCN(CC)C(C)(C)C(=O)c1c(F)ccc(C)c1F. The molecule has 0 aliphatic carbocycles. The van der Waals surface area contributed by atoms with Crippen molar-refractivity contribution in [3.63, 3.8) is 0 Å². The molecule has 0 aliphatic heterocycles. The van der Waals surface area contributed by atoms with Gasteiger partial charge in [0.15, 0.2) is 5.78 Å². The topological polar surface area (TPSA) is 20.3 Å². The van der Waals surface area contributed by atoms with E-state index in [4.69, 9.17) is 0 Å². The minimum atomic E-state index is -0.932. The predicted molar refractivity (Wildman–Crippen MR) is 72.4 cm³/mol. The molecule has 0 unspecified atom stereocenters. The molecule has 0 atom stereocenters. The van der Waals surface area contributed by atoms with Crippen molar-refractivity contribution in [3.8, 4) is 0 Å². The van der Waals surface area contributed by atoms with Crippen LogP contribution in [0.25, 0.3) is 0 Å². The molecule has 1 aromatic rings. The lowest BCUT2D eigenvalue weighted by Crippen LogP contribution is -2.50. The molecular weight excluding hydrogens is 248 g/mol. The highest BCUT2D eigenvalue weighted by atomic mass is 19.1. The zero-order valence-electron chi connectivity index (χ0n) is 12.2. The van der Waals surface area contributed by atoms with E-state index in [0.717, 1.165) is 6.07 Å². The molecule has 0 N–H and O–H groups in total. The molecule has 1 aromatic carbocycles. The molecule has 0 spiro atoms. The highest BCUT2D eigenvalue weighted by Crippen LogP contribution is 2.25. The monoisotopic (exact) mass is 269 g/mol. The summed E-state index contributed by atoms with van der Waals surface area (Å²) in [4.78, 5) is 14.4. The number of rotatable bonds is 5. The van der Waals surface area contributed by atoms with E-state index in [0.29, 0.717) is 13.1 Å². The number of nitrogens with zero attached hydrogens (tertiary/aromatic N) is 1. The molecule has 0 fully saturated rings. The summed E-state index contributed by atoms with van der Waals surface area (Å²) >= 11 is 0. The van der Waals surface area contributed by atoms with Gasteiger partial charge in [0.1, 0.15) is 11.6 Å². The third-order valence-electron chi connectivity index (χ3n) is 3.62. The summed E-state index contributed by atoms with van der Waals surface area (Å²) in [7, 11) is 0. The van der Waals surface area contributed by atoms with Gasteiger partial charge in [-0.3, -0.25) is 9.69 Å². The van der Waals surface area contributed by atoms with Gasteiger partial charge in [0, 0.05) is 0 Å². The zero-order chi connectivity index (χ0) is 14.8. The van der Waals surface area contributed by atoms with Gasteiger partial charge in [-0.1, -0.05) is 19.9 Å². The Hall–Kier alpha value is -1.29. The minimum Gasteiger partial charge on any atom is -0.292 e. The average molecular weight is 269 g/mol. The molecule has 4 heteroatoms. The summed E-state index contributed by atoms with van der Waals surface area (Å²) in [6.45, 7) is 10.0. The Kier molecular flexibility index (Phi) is 4.80. The van der Waals surface area contributed by atoms with Gasteiger partial charge in [-0.2, -0.15) is 0 Å². The Morgan fingerprint density at radius 2 is 1.74 bits per heavy atom. The van der Waals surface area contributed by atoms with Gasteiger partial charge in [0.25, 0.3) is 0 Å². The van der Waals surface area contributed by atoms with E-state index in [1.54, 1.807) is 13.8 Å². The highest BCUT2D eigenvalue weighted by Gasteiger charge is 2.36. The minimum absolute atomic E-state index is 0.278. The Balaban J connectivity index is 3.31. The van der Waals surface area contributed by atoms with Crippen LogP contribution in [0, 0.1) is 18.6 Å². The van der Waals surface area contributed by atoms with Gasteiger partial charge in [-0.05, 0) is 45.5 Å². The summed E-state index contributed by atoms with van der Waals surface area (Å²) < 4.78 is 27.8. The van der Waals surface area contributed by atoms with Crippen LogP contribution in [-0.2, 0) is 0 Å². The zero-order valence-corrected chi connectivity index (χ0v) is 12.2. The quantitative estimate of drug-likeness (QED) is 0.762. The summed E-state index contributed by atoms with van der Waals surface area (Å²) in [6, 6.07) is 2.48. The highest BCUT2D eigenvalue weighted by molar-refractivity contribution is 6.03. The first-order chi connectivity index (χ1) is 8.77. The number of halogens is 2. The summed E-state index contributed by atoms with van der Waals surface area (Å²) in [5.41, 5.74) is -1.09. The third-order valence-corrected chi connectivity index (χ3v) is 3.62. The van der Waals surface area contributed by atoms with Gasteiger partial charge >= 0.3 is 0 Å². The smallest absolute Gasteiger partial charge is 0.188 e. The largest absolute Gasteiger partial charge is 0.292 e. The Morgan fingerprint density at radius 1 is 1.21 bits per heavy atom. The van der Waals surface area contributed by atoms with Gasteiger partial charge in [0.2, 0.25) is 0 Å². The molecule has 1 rings (SSSR count). The van der Waals surface area contributed by atoms with E-state index in [1.165, 1.54) is 13.0 Å². The van der Waals surface area contributed by atoms with Crippen LogP contribution in [0.1, 0.15) is 43.6 Å². The molecule has 0 amide bonds. The molecule has 19 heavy (non-hydrogen) atoms. The second-order valence-electron chi connectivity index (χ2n) is 5.11. The molecule has 0 aromatic heterocycles. The maximum atomic E-state index is 14.0. The maximum absolute atomic E-state index is 14.0. The Labute approximate surface area is 113 Å². The van der Waals surface area contributed by atoms with Crippen LogP contribution in [0.5, 0.6) is 0 Å². The second kappa shape index (κ2) is 5.78. The number of benzene rings is 1. The fraction of sp³-hybridized carbons (Fsp3) is 0.533. The molecule has 106 valence electrons. The van der Waals surface area contributed by atoms with E-state index in [2.05, 4.69) is 0 Å². The number of likely N-dealkylation sites (N-methyl/N-ethyl adjacent to an activating group) is 1. The summed E-state index contributed by atoms with van der Waals surface area (Å²) in [5.74, 6) is -2.08. The second-order valence-corrected chi connectivity index (χ2v) is 5.11. The normalized spacial score (nSPS) is 12.0. The Bertz CT molecular complexity index is 479. The lowest BCUT2D eigenvalue weighted by atomic mass is 9.89. The van der Waals surface area contributed by atoms with Gasteiger partial charge in [0.05, 0.1) is 11.1 Å². The number of carbonyl (C=O) groups is 1. The predicted octanol–water partition coefficient (Wildman–Crippen LogP) is 3.58. The van der Waals surface area contributed by atoms with Crippen LogP contribution in [0.4, 0.5) is 8.78 Å². The van der Waals surface area contributed by atoms with Crippen molar-refractivity contribution >= 4 is 5.78 Å². The van der Waals surface area contributed by atoms with Crippen molar-refractivity contribution in [2.75, 3.05) is 13.1 Å². The van der Waals surface area contributed by atoms with Crippen LogP contribution in [-0.4, -0.2) is 29.3 Å². The fourth-order valence-corrected chi connectivity index (χ4v) is 2.33. The number of hydrogen-bond donors (Lipinski definition) is 0. The molecule has 0 radical (unpaired) electrons. The molecule has 0 saturated heterocycles. The van der Waals surface area contributed by atoms with Crippen LogP contribution in [0.2, 0.25) is 0 Å². The Morgan fingerprint density at radius 3 is 2.21 bits per heavy atom. The van der Waals surface area contributed by atoms with Crippen molar-refractivity contribution in [2.45, 2.75) is 40.2 Å². The van der Waals surface area contributed by atoms with E-state index in [-0.39, 0.29) is 5.56 Å². The van der Waals surface area contributed by atoms with E-state index < -0.39 is 28.5 Å². The molecule has 0 heterocycles. The van der Waals surface area contributed by atoms with Crippen LogP contribution in [0.15, 0.2) is 12.1 Å². The first kappa shape index (κ1) is 15.8. The summed E-state index contributed by atoms with van der Waals surface area (Å²) in [6.07, 6.45) is 0. The average Bonchev–Trinajstić information content (AvgIpc) is 2.35. The van der Waals surface area contributed by atoms with E-state index in [9.17, 15) is 13.6 Å². The van der Waals surface area contributed by atoms with Gasteiger partial charge in [-0.15, -0.1) is 0 Å².